The Balaban J connectivity index is 1.91. The predicted molar refractivity (Wildman–Crippen MR) is 90.8 cm³/mol. The molecule has 12 heteroatoms. The number of aromatic amines is 1. The molecule has 138 valence electrons. The van der Waals surface area contributed by atoms with E-state index < -0.39 is 16.1 Å². The lowest BCUT2D eigenvalue weighted by Gasteiger charge is -2.11. The van der Waals surface area contributed by atoms with E-state index in [-0.39, 0.29) is 35.3 Å². The predicted octanol–water partition coefficient (Wildman–Crippen LogP) is 0.723. The van der Waals surface area contributed by atoms with Gasteiger partial charge >= 0.3 is 16.1 Å². The standard InChI is InChI=1S/C14H15N5O6S/c1-24-8-4-3-7(10(20)11(8)21)5-15-12-9-13(17-6-16-9)19-14(18-12)25-26(2,22)23/h3-4,6,20-21H,5H2,1-2H3,(H2,15,16,17,18,19). The van der Waals surface area contributed by atoms with E-state index in [9.17, 15) is 18.6 Å². The average Bonchev–Trinajstić information content (AvgIpc) is 3.03. The van der Waals surface area contributed by atoms with Gasteiger partial charge in [-0.05, 0) is 12.1 Å². The Morgan fingerprint density at radius 1 is 1.23 bits per heavy atom. The summed E-state index contributed by atoms with van der Waals surface area (Å²) < 4.78 is 32.2. The molecule has 4 N–H and O–H groups in total. The molecule has 0 bridgehead atoms. The molecule has 2 aromatic heterocycles. The molecule has 3 aromatic rings. The number of ether oxygens (including phenoxy) is 1. The molecule has 0 fully saturated rings. The monoisotopic (exact) mass is 381 g/mol. The molecule has 0 aliphatic heterocycles. The number of rotatable bonds is 6. The molecule has 0 unspecified atom stereocenters. The molecule has 0 radical (unpaired) electrons. The van der Waals surface area contributed by atoms with Gasteiger partial charge in [-0.1, -0.05) is 0 Å². The summed E-state index contributed by atoms with van der Waals surface area (Å²) in [5, 5.41) is 22.8. The lowest BCUT2D eigenvalue weighted by molar-refractivity contribution is 0.349. The zero-order chi connectivity index (χ0) is 18.9. The smallest absolute Gasteiger partial charge is 0.337 e. The topological polar surface area (TPSA) is 160 Å². The first-order valence-corrected chi connectivity index (χ1v) is 9.02. The number of phenols is 2. The van der Waals surface area contributed by atoms with Crippen molar-refractivity contribution in [2.24, 2.45) is 0 Å². The third-order valence-corrected chi connectivity index (χ3v) is 3.81. The number of fused-ring (bicyclic) bond motifs is 1. The Kier molecular flexibility index (Phi) is 4.42. The van der Waals surface area contributed by atoms with E-state index >= 15 is 0 Å². The number of aromatic nitrogens is 4. The van der Waals surface area contributed by atoms with Crippen molar-refractivity contribution in [3.63, 3.8) is 0 Å². The molecule has 11 nitrogen and oxygen atoms in total. The molecule has 0 aliphatic rings. The molecule has 0 aliphatic carbocycles. The van der Waals surface area contributed by atoms with Crippen LogP contribution in [0.25, 0.3) is 11.2 Å². The normalized spacial score (nSPS) is 11.5. The van der Waals surface area contributed by atoms with Crippen LogP contribution in [0, 0.1) is 0 Å². The van der Waals surface area contributed by atoms with Gasteiger partial charge < -0.3 is 29.4 Å². The zero-order valence-corrected chi connectivity index (χ0v) is 14.5. The van der Waals surface area contributed by atoms with Crippen LogP contribution in [-0.4, -0.2) is 51.9 Å². The SMILES string of the molecule is COc1ccc(CNc2nc(OS(C)(=O)=O)nc3nc[nH]c23)c(O)c1O. The van der Waals surface area contributed by atoms with Gasteiger partial charge in [0.2, 0.25) is 5.75 Å². The van der Waals surface area contributed by atoms with Gasteiger partial charge in [-0.3, -0.25) is 0 Å². The van der Waals surface area contributed by atoms with Gasteiger partial charge in [0.1, 0.15) is 5.52 Å². The Hall–Kier alpha value is -3.28. The van der Waals surface area contributed by atoms with Gasteiger partial charge in [0.05, 0.1) is 19.7 Å². The highest BCUT2D eigenvalue weighted by Crippen LogP contribution is 2.38. The van der Waals surface area contributed by atoms with E-state index in [4.69, 9.17) is 8.92 Å². The van der Waals surface area contributed by atoms with Crippen molar-refractivity contribution >= 4 is 27.1 Å². The van der Waals surface area contributed by atoms with Crippen LogP contribution >= 0.6 is 0 Å². The number of nitrogens with zero attached hydrogens (tertiary/aromatic N) is 3. The van der Waals surface area contributed by atoms with Gasteiger partial charge in [-0.25, -0.2) is 4.98 Å². The second-order valence-corrected chi connectivity index (χ2v) is 6.80. The minimum absolute atomic E-state index is 0.0623. The van der Waals surface area contributed by atoms with E-state index in [1.165, 1.54) is 19.5 Å². The largest absolute Gasteiger partial charge is 0.504 e. The summed E-state index contributed by atoms with van der Waals surface area (Å²) in [5.41, 5.74) is 0.978. The lowest BCUT2D eigenvalue weighted by Crippen LogP contribution is -2.10. The Morgan fingerprint density at radius 2 is 2.00 bits per heavy atom. The van der Waals surface area contributed by atoms with Crippen molar-refractivity contribution in [2.75, 3.05) is 18.7 Å². The molecular formula is C14H15N5O6S. The maximum Gasteiger partial charge on any atom is 0.337 e. The number of hydrogen-bond acceptors (Lipinski definition) is 10. The van der Waals surface area contributed by atoms with Gasteiger partial charge in [0.25, 0.3) is 0 Å². The number of H-pyrrole nitrogens is 1. The number of methoxy groups -OCH3 is 1. The summed E-state index contributed by atoms with van der Waals surface area (Å²) in [6.45, 7) is 0.0623. The Morgan fingerprint density at radius 3 is 2.69 bits per heavy atom. The molecular weight excluding hydrogens is 366 g/mol. The van der Waals surface area contributed by atoms with Gasteiger partial charge in [0, 0.05) is 12.1 Å². The van der Waals surface area contributed by atoms with Crippen molar-refractivity contribution in [3.8, 4) is 23.3 Å². The Labute approximate surface area is 147 Å². The number of phenolic OH excluding ortho intramolecular Hbond substituents is 2. The number of imidazole rings is 1. The molecule has 26 heavy (non-hydrogen) atoms. The van der Waals surface area contributed by atoms with Crippen molar-refractivity contribution < 1.29 is 27.6 Å². The van der Waals surface area contributed by atoms with Crippen LogP contribution in [0.3, 0.4) is 0 Å². The van der Waals surface area contributed by atoms with Gasteiger partial charge in [-0.15, -0.1) is 0 Å². The van der Waals surface area contributed by atoms with Gasteiger partial charge in [0.15, 0.2) is 23.0 Å². The second kappa shape index (κ2) is 6.55. The van der Waals surface area contributed by atoms with Crippen LogP contribution in [0.2, 0.25) is 0 Å². The Bertz CT molecular complexity index is 1070. The maximum absolute atomic E-state index is 11.3. The first-order chi connectivity index (χ1) is 12.3. The summed E-state index contributed by atoms with van der Waals surface area (Å²) >= 11 is 0. The molecule has 0 saturated heterocycles. The molecule has 1 aromatic carbocycles. The summed E-state index contributed by atoms with van der Waals surface area (Å²) in [6.07, 6.45) is 2.24. The first kappa shape index (κ1) is 17.5. The summed E-state index contributed by atoms with van der Waals surface area (Å²) in [7, 11) is -2.44. The molecule has 3 rings (SSSR count). The first-order valence-electron chi connectivity index (χ1n) is 7.20. The van der Waals surface area contributed by atoms with E-state index in [1.807, 2.05) is 0 Å². The van der Waals surface area contributed by atoms with Crippen molar-refractivity contribution in [1.29, 1.82) is 0 Å². The van der Waals surface area contributed by atoms with E-state index in [0.29, 0.717) is 11.1 Å². The average molecular weight is 381 g/mol. The summed E-state index contributed by atoms with van der Waals surface area (Å²) in [5.74, 6) is -0.393. The van der Waals surface area contributed by atoms with Crippen LogP contribution in [0.1, 0.15) is 5.56 Å². The van der Waals surface area contributed by atoms with Crippen molar-refractivity contribution in [2.45, 2.75) is 6.54 Å². The quantitative estimate of drug-likeness (QED) is 0.354. The van der Waals surface area contributed by atoms with Crippen LogP contribution in [0.5, 0.6) is 23.3 Å². The second-order valence-electron chi connectivity index (χ2n) is 5.22. The third kappa shape index (κ3) is 3.54. The molecule has 0 atom stereocenters. The lowest BCUT2D eigenvalue weighted by atomic mass is 10.1. The fraction of sp³-hybridized carbons (Fsp3) is 0.214. The number of hydrogen-bond donors (Lipinski definition) is 4. The molecule has 0 saturated carbocycles. The number of anilines is 1. The van der Waals surface area contributed by atoms with E-state index in [1.54, 1.807) is 6.07 Å². The number of benzene rings is 1. The van der Waals surface area contributed by atoms with Crippen LogP contribution in [0.15, 0.2) is 18.5 Å². The molecule has 2 heterocycles. The van der Waals surface area contributed by atoms with Crippen molar-refractivity contribution in [1.82, 2.24) is 19.9 Å². The number of nitrogens with one attached hydrogen (secondary N) is 2. The highest BCUT2D eigenvalue weighted by Gasteiger charge is 2.16. The minimum atomic E-state index is -3.81. The van der Waals surface area contributed by atoms with Crippen LogP contribution in [-0.2, 0) is 16.7 Å². The van der Waals surface area contributed by atoms with Crippen molar-refractivity contribution in [3.05, 3.63) is 24.0 Å². The van der Waals surface area contributed by atoms with E-state index in [2.05, 4.69) is 25.3 Å². The summed E-state index contributed by atoms with van der Waals surface area (Å²) in [4.78, 5) is 14.7. The van der Waals surface area contributed by atoms with Gasteiger partial charge in [-0.2, -0.15) is 18.4 Å². The molecule has 0 spiro atoms. The minimum Gasteiger partial charge on any atom is -0.504 e. The maximum atomic E-state index is 11.3. The zero-order valence-electron chi connectivity index (χ0n) is 13.7. The molecule has 0 amide bonds. The highest BCUT2D eigenvalue weighted by atomic mass is 32.2. The van der Waals surface area contributed by atoms with E-state index in [0.717, 1.165) is 6.26 Å². The fourth-order valence-corrected chi connectivity index (χ4v) is 2.55. The fourth-order valence-electron chi connectivity index (χ4n) is 2.20. The highest BCUT2D eigenvalue weighted by molar-refractivity contribution is 7.86. The number of aromatic hydroxyl groups is 2. The third-order valence-electron chi connectivity index (χ3n) is 3.35. The van der Waals surface area contributed by atoms with Crippen LogP contribution < -0.4 is 14.2 Å². The van der Waals surface area contributed by atoms with Crippen LogP contribution in [0.4, 0.5) is 5.82 Å². The summed E-state index contributed by atoms with van der Waals surface area (Å²) in [6, 6.07) is 2.66.